The Morgan fingerprint density at radius 3 is 2.61 bits per heavy atom. The topological polar surface area (TPSA) is 32.8 Å². The van der Waals surface area contributed by atoms with E-state index in [0.29, 0.717) is 13.1 Å². The highest BCUT2D eigenvalue weighted by atomic mass is 16.7. The Morgan fingerprint density at radius 1 is 1.39 bits per heavy atom. The second-order valence-electron chi connectivity index (χ2n) is 4.02. The minimum Gasteiger partial charge on any atom is -0.286 e. The highest BCUT2D eigenvalue weighted by molar-refractivity contribution is 5.76. The van der Waals surface area contributed by atoms with E-state index in [-0.39, 0.29) is 5.91 Å². The quantitative estimate of drug-likeness (QED) is 0.544. The van der Waals surface area contributed by atoms with Crippen LogP contribution in [0.15, 0.2) is 43.0 Å². The first-order valence-corrected chi connectivity index (χ1v) is 5.85. The molecule has 0 spiro atoms. The first-order chi connectivity index (χ1) is 8.67. The van der Waals surface area contributed by atoms with E-state index in [1.165, 1.54) is 17.7 Å². The van der Waals surface area contributed by atoms with Gasteiger partial charge in [0.2, 0.25) is 0 Å². The van der Waals surface area contributed by atoms with Crippen molar-refractivity contribution in [2.75, 3.05) is 27.2 Å². The molecular formula is C14H20N2O2. The number of benzene rings is 1. The van der Waals surface area contributed by atoms with Crippen LogP contribution in [0.3, 0.4) is 0 Å². The molecule has 0 aliphatic carbocycles. The number of amides is 1. The van der Waals surface area contributed by atoms with Crippen LogP contribution in [-0.2, 0) is 16.2 Å². The molecule has 1 rings (SSSR count). The lowest BCUT2D eigenvalue weighted by molar-refractivity contribution is -0.169. The van der Waals surface area contributed by atoms with E-state index < -0.39 is 0 Å². The molecule has 0 bridgehead atoms. The Hall–Kier alpha value is -1.65. The highest BCUT2D eigenvalue weighted by Crippen LogP contribution is 2.04. The molecular weight excluding hydrogens is 228 g/mol. The first kappa shape index (κ1) is 14.4. The normalized spacial score (nSPS) is 10.4. The number of hydrogen-bond acceptors (Lipinski definition) is 3. The Labute approximate surface area is 108 Å². The summed E-state index contributed by atoms with van der Waals surface area (Å²) in [7, 11) is 3.09. The number of carbonyl (C=O) groups is 1. The van der Waals surface area contributed by atoms with Gasteiger partial charge in [-0.25, -0.2) is 5.06 Å². The molecule has 0 aliphatic heterocycles. The van der Waals surface area contributed by atoms with Crippen molar-refractivity contribution in [2.45, 2.75) is 6.54 Å². The number of nitrogens with zero attached hydrogens (tertiary/aromatic N) is 2. The van der Waals surface area contributed by atoms with Crippen LogP contribution < -0.4 is 0 Å². The molecule has 1 amide bonds. The lowest BCUT2D eigenvalue weighted by atomic mass is 10.2. The molecule has 98 valence electrons. The fraction of sp³-hybridized carbons (Fsp3) is 0.357. The second kappa shape index (κ2) is 7.63. The number of rotatable bonds is 7. The van der Waals surface area contributed by atoms with E-state index in [4.69, 9.17) is 4.84 Å². The van der Waals surface area contributed by atoms with Crippen LogP contribution in [0, 0.1) is 0 Å². The van der Waals surface area contributed by atoms with Crippen LogP contribution in [0.5, 0.6) is 0 Å². The summed E-state index contributed by atoms with van der Waals surface area (Å²) in [6.45, 7) is 5.41. The van der Waals surface area contributed by atoms with Crippen LogP contribution in [0.25, 0.3) is 0 Å². The van der Waals surface area contributed by atoms with Crippen molar-refractivity contribution in [2.24, 2.45) is 0 Å². The smallest absolute Gasteiger partial charge is 0.260 e. The molecule has 0 aromatic heterocycles. The molecule has 0 fully saturated rings. The fourth-order valence-electron chi connectivity index (χ4n) is 1.60. The molecule has 18 heavy (non-hydrogen) atoms. The molecule has 0 atom stereocenters. The van der Waals surface area contributed by atoms with E-state index in [9.17, 15) is 4.79 Å². The van der Waals surface area contributed by atoms with Crippen molar-refractivity contribution in [3.05, 3.63) is 48.6 Å². The molecule has 4 nitrogen and oxygen atoms in total. The molecule has 1 aromatic rings. The Morgan fingerprint density at radius 2 is 2.06 bits per heavy atom. The molecule has 0 N–H and O–H groups in total. The Balaban J connectivity index is 2.60. The van der Waals surface area contributed by atoms with Gasteiger partial charge in [-0.1, -0.05) is 36.4 Å². The van der Waals surface area contributed by atoms with Crippen LogP contribution in [0.1, 0.15) is 5.56 Å². The van der Waals surface area contributed by atoms with Crippen molar-refractivity contribution < 1.29 is 9.63 Å². The van der Waals surface area contributed by atoms with Gasteiger partial charge in [-0.05, 0) is 5.56 Å². The molecule has 0 unspecified atom stereocenters. The van der Waals surface area contributed by atoms with Crippen molar-refractivity contribution in [1.29, 1.82) is 0 Å². The molecule has 0 radical (unpaired) electrons. The largest absolute Gasteiger partial charge is 0.286 e. The monoisotopic (exact) mass is 248 g/mol. The van der Waals surface area contributed by atoms with Crippen molar-refractivity contribution in [3.63, 3.8) is 0 Å². The summed E-state index contributed by atoms with van der Waals surface area (Å²) < 4.78 is 0. The van der Waals surface area contributed by atoms with Crippen LogP contribution in [0.2, 0.25) is 0 Å². The average Bonchev–Trinajstić information content (AvgIpc) is 2.39. The predicted octanol–water partition coefficient (Wildman–Crippen LogP) is 1.69. The minimum atomic E-state index is -0.0738. The summed E-state index contributed by atoms with van der Waals surface area (Å²) in [5.74, 6) is -0.0738. The standard InChI is InChI=1S/C14H20N2O2/c1-4-10-16(12-14(17)15(2)18-3)11-13-8-6-5-7-9-13/h4-9H,1,10-12H2,2-3H3. The highest BCUT2D eigenvalue weighted by Gasteiger charge is 2.13. The SMILES string of the molecule is C=CCN(CC(=O)N(C)OC)Cc1ccccc1. The zero-order chi connectivity index (χ0) is 13.4. The lowest BCUT2D eigenvalue weighted by Crippen LogP contribution is -2.37. The van der Waals surface area contributed by atoms with Gasteiger partial charge in [-0.2, -0.15) is 0 Å². The molecule has 0 aliphatic rings. The maximum Gasteiger partial charge on any atom is 0.260 e. The van der Waals surface area contributed by atoms with E-state index in [1.54, 1.807) is 13.1 Å². The third kappa shape index (κ3) is 4.69. The van der Waals surface area contributed by atoms with Gasteiger partial charge in [0.05, 0.1) is 13.7 Å². The van der Waals surface area contributed by atoms with Crippen LogP contribution in [-0.4, -0.2) is 43.1 Å². The summed E-state index contributed by atoms with van der Waals surface area (Å²) >= 11 is 0. The van der Waals surface area contributed by atoms with E-state index >= 15 is 0 Å². The third-order valence-corrected chi connectivity index (χ3v) is 2.62. The molecule has 0 heterocycles. The third-order valence-electron chi connectivity index (χ3n) is 2.62. The summed E-state index contributed by atoms with van der Waals surface area (Å²) in [6.07, 6.45) is 1.79. The zero-order valence-corrected chi connectivity index (χ0v) is 11.0. The summed E-state index contributed by atoms with van der Waals surface area (Å²) in [6, 6.07) is 10.0. The van der Waals surface area contributed by atoms with E-state index in [1.807, 2.05) is 35.2 Å². The number of hydroxylamine groups is 2. The van der Waals surface area contributed by atoms with Crippen LogP contribution in [0.4, 0.5) is 0 Å². The van der Waals surface area contributed by atoms with Gasteiger partial charge >= 0.3 is 0 Å². The van der Waals surface area contributed by atoms with Gasteiger partial charge in [-0.15, -0.1) is 6.58 Å². The molecule has 0 saturated carbocycles. The summed E-state index contributed by atoms with van der Waals surface area (Å²) in [4.78, 5) is 18.7. The zero-order valence-electron chi connectivity index (χ0n) is 11.0. The fourth-order valence-corrected chi connectivity index (χ4v) is 1.60. The Kier molecular flexibility index (Phi) is 6.11. The van der Waals surface area contributed by atoms with Gasteiger partial charge in [0.1, 0.15) is 0 Å². The van der Waals surface area contributed by atoms with Gasteiger partial charge < -0.3 is 0 Å². The lowest BCUT2D eigenvalue weighted by Gasteiger charge is -2.22. The number of likely N-dealkylation sites (N-methyl/N-ethyl adjacent to an activating group) is 1. The average molecular weight is 248 g/mol. The molecule has 1 aromatic carbocycles. The summed E-state index contributed by atoms with van der Waals surface area (Å²) in [5.41, 5.74) is 1.17. The van der Waals surface area contributed by atoms with Gasteiger partial charge in [0, 0.05) is 20.1 Å². The number of hydrogen-bond donors (Lipinski definition) is 0. The number of carbonyl (C=O) groups excluding carboxylic acids is 1. The Bertz CT molecular complexity index is 379. The maximum atomic E-state index is 11.8. The van der Waals surface area contributed by atoms with Gasteiger partial charge in [0.15, 0.2) is 0 Å². The van der Waals surface area contributed by atoms with Gasteiger partial charge in [-0.3, -0.25) is 14.5 Å². The minimum absolute atomic E-state index is 0.0738. The van der Waals surface area contributed by atoms with E-state index in [0.717, 1.165) is 6.54 Å². The second-order valence-corrected chi connectivity index (χ2v) is 4.02. The van der Waals surface area contributed by atoms with Crippen molar-refractivity contribution >= 4 is 5.91 Å². The predicted molar refractivity (Wildman–Crippen MR) is 71.7 cm³/mol. The molecule has 0 saturated heterocycles. The van der Waals surface area contributed by atoms with Crippen molar-refractivity contribution in [3.8, 4) is 0 Å². The maximum absolute atomic E-state index is 11.8. The first-order valence-electron chi connectivity index (χ1n) is 5.85. The van der Waals surface area contributed by atoms with Gasteiger partial charge in [0.25, 0.3) is 5.91 Å². The van der Waals surface area contributed by atoms with E-state index in [2.05, 4.69) is 6.58 Å². The summed E-state index contributed by atoms with van der Waals surface area (Å²) in [5, 5.41) is 1.24. The van der Waals surface area contributed by atoms with Crippen molar-refractivity contribution in [1.82, 2.24) is 9.96 Å². The molecule has 4 heteroatoms. The van der Waals surface area contributed by atoms with Crippen LogP contribution >= 0.6 is 0 Å².